The maximum atomic E-state index is 13.1. The Morgan fingerprint density at radius 3 is 2.45 bits per heavy atom. The minimum Gasteiger partial charge on any atom is -0.396 e. The minimum atomic E-state index is -0.772. The maximum absolute atomic E-state index is 13.1. The summed E-state index contributed by atoms with van der Waals surface area (Å²) >= 11 is 0. The summed E-state index contributed by atoms with van der Waals surface area (Å²) in [6.07, 6.45) is 0.835. The molecule has 1 fully saturated rings. The molecule has 1 nitrogen and oxygen atoms in total. The average Bonchev–Trinajstić information content (AvgIpc) is 1.99. The van der Waals surface area contributed by atoms with Gasteiger partial charge >= 0.3 is 0 Å². The van der Waals surface area contributed by atoms with E-state index >= 15 is 0 Å². The molecule has 0 amide bonds. The first-order chi connectivity index (χ1) is 5.16. The number of hydrogen-bond acceptors (Lipinski definition) is 1. The van der Waals surface area contributed by atoms with Gasteiger partial charge in [-0.05, 0) is 24.7 Å². The molecule has 1 aliphatic carbocycles. The Balaban J connectivity index is 2.55. The first-order valence-electron chi connectivity index (χ1n) is 4.41. The van der Waals surface area contributed by atoms with E-state index in [1.807, 2.05) is 6.92 Å². The highest BCUT2D eigenvalue weighted by atomic mass is 19.1. The Hall–Kier alpha value is -0.110. The van der Waals surface area contributed by atoms with E-state index in [0.717, 1.165) is 6.42 Å². The molecule has 2 unspecified atom stereocenters. The van der Waals surface area contributed by atoms with Crippen LogP contribution >= 0.6 is 0 Å². The number of rotatable bonds is 1. The number of hydrogen-bond donors (Lipinski definition) is 1. The molecule has 0 aromatic heterocycles. The second kappa shape index (κ2) is 3.53. The molecule has 11 heavy (non-hydrogen) atoms. The van der Waals surface area contributed by atoms with Gasteiger partial charge in [-0.15, -0.1) is 0 Å². The molecule has 2 heteroatoms. The second-order valence-corrected chi connectivity index (χ2v) is 3.78. The van der Waals surface area contributed by atoms with Crippen molar-refractivity contribution >= 4 is 0 Å². The van der Waals surface area contributed by atoms with Crippen LogP contribution in [0.3, 0.4) is 0 Å². The van der Waals surface area contributed by atoms with Crippen LogP contribution in [0.25, 0.3) is 0 Å². The molecule has 0 aromatic carbocycles. The van der Waals surface area contributed by atoms with E-state index in [4.69, 9.17) is 5.11 Å². The van der Waals surface area contributed by atoms with Crippen molar-refractivity contribution in [3.63, 3.8) is 0 Å². The van der Waals surface area contributed by atoms with Crippen molar-refractivity contribution in [2.75, 3.05) is 6.61 Å². The van der Waals surface area contributed by atoms with Crippen molar-refractivity contribution < 1.29 is 9.50 Å². The van der Waals surface area contributed by atoms with Gasteiger partial charge in [-0.3, -0.25) is 0 Å². The van der Waals surface area contributed by atoms with Crippen molar-refractivity contribution in [3.05, 3.63) is 0 Å². The zero-order valence-electron chi connectivity index (χ0n) is 7.26. The van der Waals surface area contributed by atoms with E-state index in [2.05, 4.69) is 6.92 Å². The highest BCUT2D eigenvalue weighted by Crippen LogP contribution is 2.35. The van der Waals surface area contributed by atoms with Crippen molar-refractivity contribution in [1.29, 1.82) is 0 Å². The summed E-state index contributed by atoms with van der Waals surface area (Å²) in [5, 5.41) is 8.91. The summed E-state index contributed by atoms with van der Waals surface area (Å²) in [4.78, 5) is 0. The highest BCUT2D eigenvalue weighted by Gasteiger charge is 2.34. The average molecular weight is 160 g/mol. The normalized spacial score (nSPS) is 45.8. The molecule has 0 spiro atoms. The molecular weight excluding hydrogens is 143 g/mol. The molecule has 0 heterocycles. The van der Waals surface area contributed by atoms with Crippen LogP contribution in [0.5, 0.6) is 0 Å². The molecule has 0 aliphatic heterocycles. The molecule has 0 aromatic rings. The van der Waals surface area contributed by atoms with Gasteiger partial charge in [0.25, 0.3) is 0 Å². The summed E-state index contributed by atoms with van der Waals surface area (Å²) in [5.74, 6) is 0.793. The Kier molecular flexibility index (Phi) is 2.88. The predicted octanol–water partition coefficient (Wildman–Crippen LogP) is 2.00. The lowest BCUT2D eigenvalue weighted by molar-refractivity contribution is 0.0336. The lowest BCUT2D eigenvalue weighted by atomic mass is 9.73. The van der Waals surface area contributed by atoms with Crippen LogP contribution in [0.15, 0.2) is 0 Å². The Morgan fingerprint density at radius 1 is 1.36 bits per heavy atom. The molecule has 0 saturated heterocycles. The second-order valence-electron chi connectivity index (χ2n) is 3.78. The van der Waals surface area contributed by atoms with Crippen molar-refractivity contribution in [1.82, 2.24) is 0 Å². The first-order valence-corrected chi connectivity index (χ1v) is 4.41. The number of alkyl halides is 1. The fourth-order valence-corrected chi connectivity index (χ4v) is 1.93. The lowest BCUT2D eigenvalue weighted by Crippen LogP contribution is -2.35. The summed E-state index contributed by atoms with van der Waals surface area (Å²) in [6, 6.07) is 0. The zero-order chi connectivity index (χ0) is 8.43. The lowest BCUT2D eigenvalue weighted by Gasteiger charge is -2.35. The Morgan fingerprint density at radius 2 is 2.00 bits per heavy atom. The molecule has 1 aliphatic rings. The number of aliphatic hydroxyl groups excluding tert-OH is 1. The number of aliphatic hydroxyl groups is 1. The molecular formula is C9H17FO. The third-order valence-corrected chi connectivity index (χ3v) is 3.15. The van der Waals surface area contributed by atoms with Crippen molar-refractivity contribution in [2.45, 2.75) is 32.9 Å². The van der Waals surface area contributed by atoms with Gasteiger partial charge in [0.2, 0.25) is 0 Å². The van der Waals surface area contributed by atoms with Crippen LogP contribution in [0, 0.1) is 17.8 Å². The fourth-order valence-electron chi connectivity index (χ4n) is 1.93. The van der Waals surface area contributed by atoms with Gasteiger partial charge in [0.1, 0.15) is 6.17 Å². The van der Waals surface area contributed by atoms with Gasteiger partial charge in [0.15, 0.2) is 0 Å². The largest absolute Gasteiger partial charge is 0.396 e. The summed E-state index contributed by atoms with van der Waals surface area (Å²) in [6.45, 7) is 4.18. The quantitative estimate of drug-likeness (QED) is 0.622. The zero-order valence-corrected chi connectivity index (χ0v) is 7.26. The van der Waals surface area contributed by atoms with E-state index in [1.165, 1.54) is 0 Å². The van der Waals surface area contributed by atoms with Gasteiger partial charge in [-0.1, -0.05) is 13.8 Å². The van der Waals surface area contributed by atoms with E-state index in [9.17, 15) is 4.39 Å². The van der Waals surface area contributed by atoms with Crippen molar-refractivity contribution in [2.24, 2.45) is 17.8 Å². The van der Waals surface area contributed by atoms with Crippen LogP contribution in [0.1, 0.15) is 26.7 Å². The standard InChI is InChI=1S/C9H17FO/c1-6-3-4-9(10)8(5-11)7(6)2/h6-9,11H,3-5H2,1-2H3/t6?,7-,8?,9-/m1/s1. The molecule has 1 N–H and O–H groups in total. The fraction of sp³-hybridized carbons (Fsp3) is 1.00. The number of halogens is 1. The molecule has 66 valence electrons. The Labute approximate surface area is 67.6 Å². The SMILES string of the molecule is CC1CC[C@@H](F)C(CO)[C@@H]1C. The topological polar surface area (TPSA) is 20.2 Å². The molecule has 1 saturated carbocycles. The van der Waals surface area contributed by atoms with E-state index < -0.39 is 6.17 Å². The van der Waals surface area contributed by atoms with Crippen LogP contribution in [0.4, 0.5) is 4.39 Å². The third-order valence-electron chi connectivity index (χ3n) is 3.15. The Bertz CT molecular complexity index is 127. The predicted molar refractivity (Wildman–Crippen MR) is 43.0 cm³/mol. The summed E-state index contributed by atoms with van der Waals surface area (Å²) in [7, 11) is 0. The van der Waals surface area contributed by atoms with Gasteiger partial charge in [0, 0.05) is 12.5 Å². The van der Waals surface area contributed by atoms with E-state index in [-0.39, 0.29) is 12.5 Å². The van der Waals surface area contributed by atoms with Gasteiger partial charge < -0.3 is 5.11 Å². The summed E-state index contributed by atoms with van der Waals surface area (Å²) in [5.41, 5.74) is 0. The van der Waals surface area contributed by atoms with Crippen LogP contribution in [-0.2, 0) is 0 Å². The third kappa shape index (κ3) is 1.73. The molecule has 1 rings (SSSR count). The highest BCUT2D eigenvalue weighted by molar-refractivity contribution is 4.82. The van der Waals surface area contributed by atoms with E-state index in [1.54, 1.807) is 0 Å². The van der Waals surface area contributed by atoms with Crippen LogP contribution in [-0.4, -0.2) is 17.9 Å². The first kappa shape index (κ1) is 8.98. The molecule has 0 radical (unpaired) electrons. The minimum absolute atomic E-state index is 0.00662. The van der Waals surface area contributed by atoms with Gasteiger partial charge in [-0.2, -0.15) is 0 Å². The van der Waals surface area contributed by atoms with Gasteiger partial charge in [0.05, 0.1) is 0 Å². The van der Waals surface area contributed by atoms with Gasteiger partial charge in [-0.25, -0.2) is 4.39 Å². The van der Waals surface area contributed by atoms with Crippen LogP contribution in [0.2, 0.25) is 0 Å². The van der Waals surface area contributed by atoms with Crippen molar-refractivity contribution in [3.8, 4) is 0 Å². The maximum Gasteiger partial charge on any atom is 0.105 e. The van der Waals surface area contributed by atoms with E-state index in [0.29, 0.717) is 18.3 Å². The molecule has 4 atom stereocenters. The smallest absolute Gasteiger partial charge is 0.105 e. The van der Waals surface area contributed by atoms with Crippen LogP contribution < -0.4 is 0 Å². The summed E-state index contributed by atoms with van der Waals surface area (Å²) < 4.78 is 13.1. The molecule has 0 bridgehead atoms. The monoisotopic (exact) mass is 160 g/mol.